The topological polar surface area (TPSA) is 121 Å². The quantitative estimate of drug-likeness (QED) is 0.278. The molecular formula is C21H16F5N4O5+. The van der Waals surface area contributed by atoms with E-state index in [4.69, 9.17) is 19.8 Å². The number of ether oxygens (including phenoxy) is 2. The number of pyridine rings is 1. The molecule has 0 radical (unpaired) electrons. The molecule has 2 heterocycles. The summed E-state index contributed by atoms with van der Waals surface area (Å²) < 4.78 is 78.2. The zero-order valence-corrected chi connectivity index (χ0v) is 17.5. The minimum absolute atomic E-state index is 0.0300. The molecule has 184 valence electrons. The molecule has 0 amide bonds. The second-order valence-electron chi connectivity index (χ2n) is 6.93. The Balaban J connectivity index is 2.04. The van der Waals surface area contributed by atoms with Crippen molar-refractivity contribution in [1.29, 1.82) is 5.26 Å². The molecule has 0 fully saturated rings. The summed E-state index contributed by atoms with van der Waals surface area (Å²) >= 11 is 0. The number of halogens is 5. The van der Waals surface area contributed by atoms with Gasteiger partial charge in [0, 0.05) is 16.4 Å². The number of nitriles is 1. The Morgan fingerprint density at radius 2 is 1.94 bits per heavy atom. The Morgan fingerprint density at radius 1 is 1.20 bits per heavy atom. The van der Waals surface area contributed by atoms with Crippen LogP contribution in [0.25, 0.3) is 0 Å². The fourth-order valence-corrected chi connectivity index (χ4v) is 2.92. The summed E-state index contributed by atoms with van der Waals surface area (Å²) in [6, 6.07) is 6.71. The fourth-order valence-electron chi connectivity index (χ4n) is 2.92. The standard InChI is InChI=1S/C21H16F5N4O5/c22-19(23)13-5-12(8-27)6-16(7-13)35-17-18(21(24,25)26)28-11-29(20(17)32)9-14-1-2-15(10-30(14)33)34-4-3-31/h1-2,5-7,10-11,19,31,33H,3-4,9H2/q+1. The van der Waals surface area contributed by atoms with Crippen LogP contribution < -0.4 is 19.8 Å². The zero-order valence-electron chi connectivity index (χ0n) is 17.5. The maximum Gasteiger partial charge on any atom is 0.437 e. The van der Waals surface area contributed by atoms with Crippen molar-refractivity contribution in [3.05, 3.63) is 75.7 Å². The maximum absolute atomic E-state index is 13.5. The van der Waals surface area contributed by atoms with Crippen LogP contribution in [0.15, 0.2) is 47.7 Å². The van der Waals surface area contributed by atoms with Gasteiger partial charge < -0.3 is 14.6 Å². The van der Waals surface area contributed by atoms with E-state index in [-0.39, 0.29) is 30.2 Å². The molecule has 0 aliphatic rings. The molecule has 0 unspecified atom stereocenters. The van der Waals surface area contributed by atoms with E-state index in [0.29, 0.717) is 21.7 Å². The van der Waals surface area contributed by atoms with E-state index in [9.17, 15) is 32.0 Å². The lowest BCUT2D eigenvalue weighted by Gasteiger charge is -2.14. The van der Waals surface area contributed by atoms with Gasteiger partial charge in [0.1, 0.15) is 18.9 Å². The third-order valence-corrected chi connectivity index (χ3v) is 4.47. The normalized spacial score (nSPS) is 11.4. The number of aromatic nitrogens is 3. The second-order valence-corrected chi connectivity index (χ2v) is 6.93. The Kier molecular flexibility index (Phi) is 7.50. The highest BCUT2D eigenvalue weighted by atomic mass is 19.4. The largest absolute Gasteiger partial charge is 0.485 e. The van der Waals surface area contributed by atoms with Gasteiger partial charge in [0.25, 0.3) is 23.9 Å². The fraction of sp³-hybridized carbons (Fsp3) is 0.238. The number of benzene rings is 1. The second kappa shape index (κ2) is 10.3. The van der Waals surface area contributed by atoms with Crippen LogP contribution in [0.3, 0.4) is 0 Å². The summed E-state index contributed by atoms with van der Waals surface area (Å²) in [5, 5.41) is 27.9. The van der Waals surface area contributed by atoms with Gasteiger partial charge in [0.15, 0.2) is 11.4 Å². The molecule has 0 aliphatic heterocycles. The molecule has 0 bridgehead atoms. The number of rotatable bonds is 8. The molecule has 14 heteroatoms. The lowest BCUT2D eigenvalue weighted by molar-refractivity contribution is -0.909. The Labute approximate surface area is 193 Å². The molecule has 3 aromatic rings. The van der Waals surface area contributed by atoms with Crippen LogP contribution in [0.4, 0.5) is 22.0 Å². The van der Waals surface area contributed by atoms with Crippen LogP contribution in [0.2, 0.25) is 0 Å². The van der Waals surface area contributed by atoms with Crippen LogP contribution in [-0.2, 0) is 12.7 Å². The highest BCUT2D eigenvalue weighted by molar-refractivity contribution is 5.43. The first-order chi connectivity index (χ1) is 16.5. The Morgan fingerprint density at radius 3 is 2.54 bits per heavy atom. The molecular weight excluding hydrogens is 483 g/mol. The Bertz CT molecular complexity index is 1320. The van der Waals surface area contributed by atoms with E-state index < -0.39 is 47.5 Å². The highest BCUT2D eigenvalue weighted by Gasteiger charge is 2.39. The van der Waals surface area contributed by atoms with Gasteiger partial charge in [-0.15, -0.1) is 0 Å². The summed E-state index contributed by atoms with van der Waals surface area (Å²) in [4.78, 5) is 16.1. The summed E-state index contributed by atoms with van der Waals surface area (Å²) in [5.41, 5.74) is -4.01. The third-order valence-electron chi connectivity index (χ3n) is 4.47. The number of hydrogen-bond acceptors (Lipinski definition) is 7. The first-order valence-electron chi connectivity index (χ1n) is 9.68. The Hall–Kier alpha value is -4.25. The third kappa shape index (κ3) is 6.01. The molecule has 35 heavy (non-hydrogen) atoms. The minimum Gasteiger partial charge on any atom is -0.485 e. The van der Waals surface area contributed by atoms with Gasteiger partial charge in [-0.1, -0.05) is 0 Å². The number of aliphatic hydroxyl groups excluding tert-OH is 1. The lowest BCUT2D eigenvalue weighted by atomic mass is 10.1. The molecule has 1 aromatic carbocycles. The molecule has 0 spiro atoms. The van der Waals surface area contributed by atoms with E-state index in [2.05, 4.69) is 4.98 Å². The van der Waals surface area contributed by atoms with Crippen molar-refractivity contribution >= 4 is 0 Å². The number of alkyl halides is 5. The molecule has 0 saturated heterocycles. The van der Waals surface area contributed by atoms with Gasteiger partial charge in [0.05, 0.1) is 24.6 Å². The summed E-state index contributed by atoms with van der Waals surface area (Å²) in [7, 11) is 0. The van der Waals surface area contributed by atoms with Crippen LogP contribution in [0.5, 0.6) is 17.2 Å². The minimum atomic E-state index is -5.13. The van der Waals surface area contributed by atoms with E-state index in [0.717, 1.165) is 18.3 Å². The highest BCUT2D eigenvalue weighted by Crippen LogP contribution is 2.35. The molecule has 0 saturated carbocycles. The van der Waals surface area contributed by atoms with Gasteiger partial charge in [-0.3, -0.25) is 14.6 Å². The molecule has 2 N–H and O–H groups in total. The summed E-state index contributed by atoms with van der Waals surface area (Å²) in [6.07, 6.45) is -6.49. The first kappa shape index (κ1) is 25.4. The van der Waals surface area contributed by atoms with Gasteiger partial charge in [-0.05, 0) is 24.3 Å². The zero-order chi connectivity index (χ0) is 25.8. The van der Waals surface area contributed by atoms with E-state index >= 15 is 0 Å². The first-order valence-corrected chi connectivity index (χ1v) is 9.68. The number of nitrogens with zero attached hydrogens (tertiary/aromatic N) is 4. The average molecular weight is 499 g/mol. The van der Waals surface area contributed by atoms with Crippen molar-refractivity contribution in [2.24, 2.45) is 0 Å². The van der Waals surface area contributed by atoms with Crippen LogP contribution >= 0.6 is 0 Å². The molecule has 0 aliphatic carbocycles. The molecule has 3 rings (SSSR count). The van der Waals surface area contributed by atoms with Crippen LogP contribution in [-0.4, -0.2) is 33.1 Å². The van der Waals surface area contributed by atoms with Crippen molar-refractivity contribution in [1.82, 2.24) is 9.55 Å². The smallest absolute Gasteiger partial charge is 0.437 e. The van der Waals surface area contributed by atoms with Gasteiger partial charge in [-0.2, -0.15) is 18.4 Å². The lowest BCUT2D eigenvalue weighted by Crippen LogP contribution is -2.38. The average Bonchev–Trinajstić information content (AvgIpc) is 2.80. The molecule has 9 nitrogen and oxygen atoms in total. The van der Waals surface area contributed by atoms with E-state index in [1.807, 2.05) is 0 Å². The van der Waals surface area contributed by atoms with Gasteiger partial charge >= 0.3 is 6.18 Å². The van der Waals surface area contributed by atoms with E-state index in [1.54, 1.807) is 6.07 Å². The van der Waals surface area contributed by atoms with Crippen molar-refractivity contribution in [3.8, 4) is 23.3 Å². The van der Waals surface area contributed by atoms with Crippen molar-refractivity contribution < 1.29 is 46.5 Å². The summed E-state index contributed by atoms with van der Waals surface area (Å²) in [5.74, 6) is -1.73. The summed E-state index contributed by atoms with van der Waals surface area (Å²) in [6.45, 7) is -0.793. The van der Waals surface area contributed by atoms with Crippen molar-refractivity contribution in [2.75, 3.05) is 13.2 Å². The van der Waals surface area contributed by atoms with Crippen molar-refractivity contribution in [3.63, 3.8) is 0 Å². The van der Waals surface area contributed by atoms with Crippen molar-refractivity contribution in [2.45, 2.75) is 19.1 Å². The predicted molar refractivity (Wildman–Crippen MR) is 105 cm³/mol. The van der Waals surface area contributed by atoms with Crippen LogP contribution in [0, 0.1) is 11.3 Å². The van der Waals surface area contributed by atoms with Gasteiger partial charge in [0.2, 0.25) is 5.75 Å². The van der Waals surface area contributed by atoms with E-state index in [1.165, 1.54) is 12.1 Å². The maximum atomic E-state index is 13.5. The number of aliphatic hydroxyl groups is 1. The molecule has 2 aromatic heterocycles. The predicted octanol–water partition coefficient (Wildman–Crippen LogP) is 2.81. The van der Waals surface area contributed by atoms with Gasteiger partial charge in [-0.25, -0.2) is 13.8 Å². The number of hydrogen-bond donors (Lipinski definition) is 2. The van der Waals surface area contributed by atoms with Crippen LogP contribution in [0.1, 0.15) is 28.9 Å². The monoisotopic (exact) mass is 499 g/mol. The molecule has 0 atom stereocenters. The SMILES string of the molecule is N#Cc1cc(Oc2c(C(F)(F)F)ncn(Cc3ccc(OCCO)c[n+]3O)c2=O)cc(C(F)F)c1.